The molecule has 136 valence electrons. The lowest BCUT2D eigenvalue weighted by Gasteiger charge is -2.39. The monoisotopic (exact) mass is 354 g/mol. The maximum absolute atomic E-state index is 13.1. The SMILES string of the molecule is CN1C(=O)C2(CCCN(C(=O)c3cn(CCN)nn3)C2)c2ccccc21. The maximum Gasteiger partial charge on any atom is 0.276 e. The number of nitrogens with zero attached hydrogens (tertiary/aromatic N) is 5. The van der Waals surface area contributed by atoms with Crippen molar-refractivity contribution < 1.29 is 9.59 Å². The van der Waals surface area contributed by atoms with Gasteiger partial charge in [0.05, 0.1) is 18.2 Å². The standard InChI is InChI=1S/C18H22N6O2/c1-22-15-6-3-2-5-13(15)18(17(22)26)7-4-9-23(12-18)16(25)14-11-24(10-8-19)21-20-14/h2-3,5-6,11H,4,7-10,12,19H2,1H3. The second-order valence-electron chi connectivity index (χ2n) is 6.95. The van der Waals surface area contributed by atoms with Gasteiger partial charge in [0, 0.05) is 32.4 Å². The molecule has 1 saturated heterocycles. The first kappa shape index (κ1) is 16.7. The third-order valence-electron chi connectivity index (χ3n) is 5.39. The number of piperidine rings is 1. The highest BCUT2D eigenvalue weighted by Gasteiger charge is 2.52. The number of likely N-dealkylation sites (tertiary alicyclic amines) is 1. The topological polar surface area (TPSA) is 97.4 Å². The van der Waals surface area contributed by atoms with Crippen molar-refractivity contribution in [3.63, 3.8) is 0 Å². The van der Waals surface area contributed by atoms with Gasteiger partial charge in [-0.05, 0) is 24.5 Å². The van der Waals surface area contributed by atoms with Crippen LogP contribution in [-0.4, -0.2) is 58.4 Å². The van der Waals surface area contributed by atoms with Gasteiger partial charge in [-0.3, -0.25) is 14.3 Å². The summed E-state index contributed by atoms with van der Waals surface area (Å²) in [6.45, 7) is 1.93. The number of aromatic nitrogens is 3. The maximum atomic E-state index is 13.1. The van der Waals surface area contributed by atoms with E-state index in [1.165, 1.54) is 0 Å². The Bertz CT molecular complexity index is 863. The highest BCUT2D eigenvalue weighted by atomic mass is 16.2. The van der Waals surface area contributed by atoms with Crippen LogP contribution in [0.1, 0.15) is 28.9 Å². The van der Waals surface area contributed by atoms with Crippen LogP contribution in [0.25, 0.3) is 0 Å². The Kier molecular flexibility index (Phi) is 3.99. The molecule has 4 rings (SSSR count). The van der Waals surface area contributed by atoms with Crippen LogP contribution in [0.2, 0.25) is 0 Å². The average Bonchev–Trinajstić information content (AvgIpc) is 3.21. The van der Waals surface area contributed by atoms with Crippen LogP contribution < -0.4 is 10.6 Å². The fourth-order valence-corrected chi connectivity index (χ4v) is 4.14. The highest BCUT2D eigenvalue weighted by molar-refractivity contribution is 6.08. The number of amides is 2. The van der Waals surface area contributed by atoms with E-state index >= 15 is 0 Å². The highest BCUT2D eigenvalue weighted by Crippen LogP contribution is 2.46. The minimum atomic E-state index is -0.660. The quantitative estimate of drug-likeness (QED) is 0.860. The van der Waals surface area contributed by atoms with Crippen molar-refractivity contribution in [1.82, 2.24) is 19.9 Å². The second kappa shape index (κ2) is 6.21. The molecule has 1 fully saturated rings. The predicted molar refractivity (Wildman–Crippen MR) is 95.7 cm³/mol. The fraction of sp³-hybridized carbons (Fsp3) is 0.444. The first-order valence-corrected chi connectivity index (χ1v) is 8.84. The second-order valence-corrected chi connectivity index (χ2v) is 6.95. The van der Waals surface area contributed by atoms with Gasteiger partial charge >= 0.3 is 0 Å². The molecule has 1 aromatic carbocycles. The number of anilines is 1. The van der Waals surface area contributed by atoms with Crippen molar-refractivity contribution >= 4 is 17.5 Å². The largest absolute Gasteiger partial charge is 0.336 e. The minimum absolute atomic E-state index is 0.0583. The Hall–Kier alpha value is -2.74. The Morgan fingerprint density at radius 1 is 1.35 bits per heavy atom. The Balaban J connectivity index is 1.63. The van der Waals surface area contributed by atoms with Gasteiger partial charge in [-0.25, -0.2) is 0 Å². The number of carbonyl (C=O) groups is 2. The van der Waals surface area contributed by atoms with Crippen molar-refractivity contribution in [2.75, 3.05) is 31.6 Å². The first-order chi connectivity index (χ1) is 12.6. The van der Waals surface area contributed by atoms with E-state index in [0.29, 0.717) is 31.9 Å². The molecule has 2 aliphatic heterocycles. The molecule has 26 heavy (non-hydrogen) atoms. The van der Waals surface area contributed by atoms with Crippen LogP contribution in [0, 0.1) is 0 Å². The Morgan fingerprint density at radius 3 is 2.96 bits per heavy atom. The lowest BCUT2D eigenvalue weighted by molar-refractivity contribution is -0.124. The molecule has 0 aliphatic carbocycles. The molecular formula is C18H22N6O2. The van der Waals surface area contributed by atoms with Crippen molar-refractivity contribution in [2.24, 2.45) is 5.73 Å². The van der Waals surface area contributed by atoms with Crippen LogP contribution >= 0.6 is 0 Å². The van der Waals surface area contributed by atoms with Gasteiger partial charge in [-0.2, -0.15) is 0 Å². The molecule has 2 aromatic rings. The molecule has 1 aromatic heterocycles. The van der Waals surface area contributed by atoms with Gasteiger partial charge in [-0.15, -0.1) is 5.10 Å². The summed E-state index contributed by atoms with van der Waals surface area (Å²) < 4.78 is 1.57. The summed E-state index contributed by atoms with van der Waals surface area (Å²) in [5, 5.41) is 7.91. The first-order valence-electron chi connectivity index (χ1n) is 8.84. The predicted octanol–water partition coefficient (Wildman–Crippen LogP) is 0.387. The number of benzene rings is 1. The zero-order valence-electron chi connectivity index (χ0n) is 14.8. The number of hydrogen-bond acceptors (Lipinski definition) is 5. The molecule has 2 aliphatic rings. The summed E-state index contributed by atoms with van der Waals surface area (Å²) in [6, 6.07) is 7.85. The number of para-hydroxylation sites is 1. The lowest BCUT2D eigenvalue weighted by Crippen LogP contribution is -2.53. The number of rotatable bonds is 3. The van der Waals surface area contributed by atoms with Gasteiger partial charge in [0.25, 0.3) is 5.91 Å². The van der Waals surface area contributed by atoms with Crippen molar-refractivity contribution in [1.29, 1.82) is 0 Å². The number of carbonyl (C=O) groups excluding carboxylic acids is 2. The average molecular weight is 354 g/mol. The molecule has 0 saturated carbocycles. The summed E-state index contributed by atoms with van der Waals surface area (Å²) in [7, 11) is 1.80. The van der Waals surface area contributed by atoms with Gasteiger partial charge in [0.2, 0.25) is 5.91 Å². The smallest absolute Gasteiger partial charge is 0.276 e. The van der Waals surface area contributed by atoms with E-state index in [1.54, 1.807) is 27.7 Å². The third-order valence-corrected chi connectivity index (χ3v) is 5.39. The van der Waals surface area contributed by atoms with E-state index in [0.717, 1.165) is 24.1 Å². The molecule has 2 N–H and O–H groups in total. The molecule has 1 unspecified atom stereocenters. The third kappa shape index (κ3) is 2.40. The van der Waals surface area contributed by atoms with Gasteiger partial charge in [-0.1, -0.05) is 23.4 Å². The van der Waals surface area contributed by atoms with E-state index < -0.39 is 5.41 Å². The number of hydrogen-bond donors (Lipinski definition) is 1. The molecule has 1 atom stereocenters. The molecule has 8 heteroatoms. The number of likely N-dealkylation sites (N-methyl/N-ethyl adjacent to an activating group) is 1. The summed E-state index contributed by atoms with van der Waals surface area (Å²) in [5.41, 5.74) is 7.09. The summed E-state index contributed by atoms with van der Waals surface area (Å²) in [5.74, 6) is -0.129. The summed E-state index contributed by atoms with van der Waals surface area (Å²) in [4.78, 5) is 29.4. The fourth-order valence-electron chi connectivity index (χ4n) is 4.14. The molecule has 0 radical (unpaired) electrons. The Morgan fingerprint density at radius 2 is 2.15 bits per heavy atom. The van der Waals surface area contributed by atoms with E-state index in [2.05, 4.69) is 10.3 Å². The van der Waals surface area contributed by atoms with E-state index in [-0.39, 0.29) is 11.8 Å². The van der Waals surface area contributed by atoms with Crippen LogP contribution in [0.4, 0.5) is 5.69 Å². The summed E-state index contributed by atoms with van der Waals surface area (Å²) in [6.07, 6.45) is 3.14. The molecule has 3 heterocycles. The zero-order chi connectivity index (χ0) is 18.3. The van der Waals surface area contributed by atoms with E-state index in [4.69, 9.17) is 5.73 Å². The van der Waals surface area contributed by atoms with E-state index in [9.17, 15) is 9.59 Å². The van der Waals surface area contributed by atoms with Crippen LogP contribution in [0.3, 0.4) is 0 Å². The van der Waals surface area contributed by atoms with Gasteiger partial charge in [0.1, 0.15) is 0 Å². The number of nitrogens with two attached hydrogens (primary N) is 1. The van der Waals surface area contributed by atoms with Crippen LogP contribution in [0.15, 0.2) is 30.5 Å². The van der Waals surface area contributed by atoms with Crippen LogP contribution in [0.5, 0.6) is 0 Å². The van der Waals surface area contributed by atoms with Crippen LogP contribution in [-0.2, 0) is 16.8 Å². The normalized spacial score (nSPS) is 22.2. The minimum Gasteiger partial charge on any atom is -0.336 e. The van der Waals surface area contributed by atoms with Crippen molar-refractivity contribution in [3.8, 4) is 0 Å². The molecule has 1 spiro atoms. The molecule has 2 amide bonds. The summed E-state index contributed by atoms with van der Waals surface area (Å²) >= 11 is 0. The van der Waals surface area contributed by atoms with Gasteiger partial charge in [0.15, 0.2) is 5.69 Å². The lowest BCUT2D eigenvalue weighted by atomic mass is 9.75. The molecule has 8 nitrogen and oxygen atoms in total. The van der Waals surface area contributed by atoms with Crippen molar-refractivity contribution in [3.05, 3.63) is 41.7 Å². The van der Waals surface area contributed by atoms with Gasteiger partial charge < -0.3 is 15.5 Å². The molecular weight excluding hydrogens is 332 g/mol. The van der Waals surface area contributed by atoms with E-state index in [1.807, 2.05) is 24.3 Å². The molecule has 0 bridgehead atoms. The number of fused-ring (bicyclic) bond motifs is 2. The Labute approximate surface area is 151 Å². The van der Waals surface area contributed by atoms with Crippen molar-refractivity contribution in [2.45, 2.75) is 24.8 Å². The zero-order valence-corrected chi connectivity index (χ0v) is 14.8.